The van der Waals surface area contributed by atoms with E-state index in [9.17, 15) is 4.79 Å². The van der Waals surface area contributed by atoms with Gasteiger partial charge in [-0.15, -0.1) is 5.10 Å². The van der Waals surface area contributed by atoms with Crippen LogP contribution in [0.25, 0.3) is 0 Å². The van der Waals surface area contributed by atoms with E-state index in [1.54, 1.807) is 17.5 Å². The molecule has 3 N–H and O–H groups in total. The third-order valence-corrected chi connectivity index (χ3v) is 4.69. The number of nitrogens with one attached hydrogen (secondary N) is 3. The van der Waals surface area contributed by atoms with Crippen LogP contribution in [0.1, 0.15) is 29.0 Å². The minimum absolute atomic E-state index is 0.0348. The number of halogens is 1. The second-order valence-corrected chi connectivity index (χ2v) is 7.15. The van der Waals surface area contributed by atoms with Gasteiger partial charge in [0.05, 0.1) is 6.04 Å². The molecule has 0 fully saturated rings. The van der Waals surface area contributed by atoms with Gasteiger partial charge in [0.15, 0.2) is 10.8 Å². The van der Waals surface area contributed by atoms with E-state index >= 15 is 0 Å². The molecule has 0 saturated heterocycles. The zero-order valence-electron chi connectivity index (χ0n) is 14.3. The molecule has 1 atom stereocenters. The van der Waals surface area contributed by atoms with Crippen LogP contribution in [-0.2, 0) is 0 Å². The van der Waals surface area contributed by atoms with Crippen LogP contribution in [0, 0.1) is 0 Å². The summed E-state index contributed by atoms with van der Waals surface area (Å²) >= 11 is 12.4. The quantitative estimate of drug-likeness (QED) is 0.531. The number of hydrogen-bond donors (Lipinski definition) is 3. The summed E-state index contributed by atoms with van der Waals surface area (Å²) in [6, 6.07) is 14.9. The van der Waals surface area contributed by atoms with Crippen molar-refractivity contribution < 1.29 is 4.79 Å². The Morgan fingerprint density at radius 1 is 1.07 bits per heavy atom. The lowest BCUT2D eigenvalue weighted by molar-refractivity contribution is 0.102. The maximum Gasteiger partial charge on any atom is 0.277 e. The topological polar surface area (TPSA) is 78.9 Å². The van der Waals surface area contributed by atoms with Crippen LogP contribution in [0.3, 0.4) is 0 Å². The van der Waals surface area contributed by atoms with Gasteiger partial charge in [-0.3, -0.25) is 4.79 Å². The fourth-order valence-electron chi connectivity index (χ4n) is 2.29. The molecule has 2 aromatic carbocycles. The molecule has 0 aliphatic carbocycles. The SMILES string of the molecule is C[C@H](NC(=S)Nc1ccc(NC(=O)c2csnn2)cc1)c1ccc(Cl)cc1. The Morgan fingerprint density at radius 2 is 1.70 bits per heavy atom. The smallest absolute Gasteiger partial charge is 0.277 e. The van der Waals surface area contributed by atoms with E-state index in [2.05, 4.69) is 25.5 Å². The molecule has 1 amide bonds. The summed E-state index contributed by atoms with van der Waals surface area (Å²) in [4.78, 5) is 12.0. The van der Waals surface area contributed by atoms with Crippen LogP contribution < -0.4 is 16.0 Å². The summed E-state index contributed by atoms with van der Waals surface area (Å²) in [5.74, 6) is -0.293. The fraction of sp³-hybridized carbons (Fsp3) is 0.111. The zero-order valence-corrected chi connectivity index (χ0v) is 16.7. The standard InChI is InChI=1S/C18H16ClN5OS2/c1-11(12-2-4-13(19)5-3-12)20-18(26)22-15-8-6-14(7-9-15)21-17(25)16-10-27-24-23-16/h2-11H,1H3,(H,21,25)(H2,20,22,26)/t11-/m0/s1. The summed E-state index contributed by atoms with van der Waals surface area (Å²) in [5.41, 5.74) is 2.85. The highest BCUT2D eigenvalue weighted by molar-refractivity contribution is 7.80. The molecule has 0 unspecified atom stereocenters. The lowest BCUT2D eigenvalue weighted by Crippen LogP contribution is -2.30. The van der Waals surface area contributed by atoms with Crippen LogP contribution in [0.5, 0.6) is 0 Å². The van der Waals surface area contributed by atoms with Crippen molar-refractivity contribution in [3.63, 3.8) is 0 Å². The van der Waals surface area contributed by atoms with E-state index < -0.39 is 0 Å². The molecule has 9 heteroatoms. The first-order chi connectivity index (χ1) is 13.0. The molecule has 0 aliphatic rings. The van der Waals surface area contributed by atoms with Gasteiger partial charge in [0.1, 0.15) is 0 Å². The second kappa shape index (κ2) is 8.90. The number of aromatic nitrogens is 2. The lowest BCUT2D eigenvalue weighted by Gasteiger charge is -2.17. The van der Waals surface area contributed by atoms with E-state index in [-0.39, 0.29) is 11.9 Å². The van der Waals surface area contributed by atoms with Crippen LogP contribution in [-0.4, -0.2) is 20.6 Å². The Kier molecular flexibility index (Phi) is 6.33. The molecule has 1 aromatic heterocycles. The van der Waals surface area contributed by atoms with Crippen molar-refractivity contribution in [2.24, 2.45) is 0 Å². The van der Waals surface area contributed by atoms with Gasteiger partial charge in [-0.05, 0) is 72.6 Å². The van der Waals surface area contributed by atoms with Gasteiger partial charge in [-0.2, -0.15) is 0 Å². The van der Waals surface area contributed by atoms with Crippen LogP contribution in [0.2, 0.25) is 5.02 Å². The maximum absolute atomic E-state index is 12.0. The van der Waals surface area contributed by atoms with Crippen LogP contribution in [0.15, 0.2) is 53.9 Å². The average Bonchev–Trinajstić information content (AvgIpc) is 3.18. The highest BCUT2D eigenvalue weighted by Gasteiger charge is 2.10. The predicted octanol–water partition coefficient (Wildman–Crippen LogP) is 4.49. The predicted molar refractivity (Wildman–Crippen MR) is 114 cm³/mol. The van der Waals surface area contributed by atoms with Gasteiger partial charge < -0.3 is 16.0 Å². The highest BCUT2D eigenvalue weighted by atomic mass is 35.5. The van der Waals surface area contributed by atoms with Crippen molar-refractivity contribution in [3.05, 3.63) is 70.2 Å². The Hall–Kier alpha value is -2.55. The van der Waals surface area contributed by atoms with E-state index in [0.717, 1.165) is 22.8 Å². The van der Waals surface area contributed by atoms with Gasteiger partial charge in [-0.1, -0.05) is 28.2 Å². The first-order valence-corrected chi connectivity index (χ1v) is 9.65. The first kappa shape index (κ1) is 19.2. The molecule has 0 aliphatic heterocycles. The first-order valence-electron chi connectivity index (χ1n) is 8.03. The van der Waals surface area contributed by atoms with E-state index in [4.69, 9.17) is 23.8 Å². The van der Waals surface area contributed by atoms with E-state index in [1.807, 2.05) is 43.3 Å². The number of benzene rings is 2. The number of rotatable bonds is 5. The normalized spacial score (nSPS) is 11.5. The van der Waals surface area contributed by atoms with Gasteiger partial charge in [0.2, 0.25) is 0 Å². The van der Waals surface area contributed by atoms with Crippen molar-refractivity contribution in [1.29, 1.82) is 0 Å². The second-order valence-electron chi connectivity index (χ2n) is 5.69. The average molecular weight is 418 g/mol. The number of nitrogens with zero attached hydrogens (tertiary/aromatic N) is 2. The van der Waals surface area contributed by atoms with Gasteiger partial charge >= 0.3 is 0 Å². The molecule has 27 heavy (non-hydrogen) atoms. The van der Waals surface area contributed by atoms with Gasteiger partial charge in [-0.25, -0.2) is 0 Å². The molecule has 0 radical (unpaired) electrons. The van der Waals surface area contributed by atoms with Crippen LogP contribution >= 0.6 is 35.4 Å². The number of amides is 1. The maximum atomic E-state index is 12.0. The summed E-state index contributed by atoms with van der Waals surface area (Å²) < 4.78 is 3.67. The summed E-state index contributed by atoms with van der Waals surface area (Å²) in [7, 11) is 0. The van der Waals surface area contributed by atoms with Crippen molar-refractivity contribution in [3.8, 4) is 0 Å². The Labute approximate surface area is 171 Å². The van der Waals surface area contributed by atoms with Crippen molar-refractivity contribution >= 4 is 57.7 Å². The Morgan fingerprint density at radius 3 is 2.30 bits per heavy atom. The largest absolute Gasteiger partial charge is 0.356 e. The zero-order chi connectivity index (χ0) is 19.2. The molecular formula is C18H16ClN5OS2. The summed E-state index contributed by atoms with van der Waals surface area (Å²) in [5, 5.41) is 15.6. The van der Waals surface area contributed by atoms with Crippen molar-refractivity contribution in [1.82, 2.24) is 14.9 Å². The van der Waals surface area contributed by atoms with Gasteiger partial charge in [0.25, 0.3) is 5.91 Å². The molecule has 3 rings (SSSR count). The van der Waals surface area contributed by atoms with Gasteiger partial charge in [0, 0.05) is 21.8 Å². The number of hydrogen-bond acceptors (Lipinski definition) is 5. The molecule has 6 nitrogen and oxygen atoms in total. The Bertz CT molecular complexity index is 914. The number of anilines is 2. The number of thiocarbonyl (C=S) groups is 1. The summed E-state index contributed by atoms with van der Waals surface area (Å²) in [6.07, 6.45) is 0. The van der Waals surface area contributed by atoms with E-state index in [0.29, 0.717) is 21.5 Å². The minimum Gasteiger partial charge on any atom is -0.356 e. The molecular weight excluding hydrogens is 402 g/mol. The highest BCUT2D eigenvalue weighted by Crippen LogP contribution is 2.17. The van der Waals surface area contributed by atoms with Crippen molar-refractivity contribution in [2.45, 2.75) is 13.0 Å². The third kappa shape index (κ3) is 5.46. The molecule has 1 heterocycles. The minimum atomic E-state index is -0.293. The molecule has 0 bridgehead atoms. The molecule has 0 saturated carbocycles. The monoisotopic (exact) mass is 417 g/mol. The molecule has 138 valence electrons. The molecule has 3 aromatic rings. The molecule has 0 spiro atoms. The van der Waals surface area contributed by atoms with E-state index in [1.165, 1.54) is 0 Å². The summed E-state index contributed by atoms with van der Waals surface area (Å²) in [6.45, 7) is 2.02. The Balaban J connectivity index is 1.53. The lowest BCUT2D eigenvalue weighted by atomic mass is 10.1. The fourth-order valence-corrected chi connectivity index (χ4v) is 3.15. The van der Waals surface area contributed by atoms with Crippen molar-refractivity contribution in [2.75, 3.05) is 10.6 Å². The van der Waals surface area contributed by atoms with Crippen LogP contribution in [0.4, 0.5) is 11.4 Å². The number of carbonyl (C=O) groups is 1. The number of carbonyl (C=O) groups excluding carboxylic acids is 1. The third-order valence-electron chi connectivity index (χ3n) is 3.71.